The topological polar surface area (TPSA) is 29.5 Å². The molecule has 0 spiro atoms. The molecular formula is C20H25NO2. The fraction of sp³-hybridized carbons (Fsp3) is 0.350. The molecule has 0 N–H and O–H groups in total. The maximum atomic E-state index is 12.0. The van der Waals surface area contributed by atoms with Crippen LogP contribution in [0.4, 0.5) is 0 Å². The van der Waals surface area contributed by atoms with E-state index in [-0.39, 0.29) is 18.1 Å². The van der Waals surface area contributed by atoms with Gasteiger partial charge in [-0.15, -0.1) is 0 Å². The van der Waals surface area contributed by atoms with Gasteiger partial charge in [0.1, 0.15) is 6.10 Å². The molecule has 1 amide bonds. The van der Waals surface area contributed by atoms with E-state index in [1.807, 2.05) is 69.4 Å². The Bertz CT molecular complexity index is 598. The summed E-state index contributed by atoms with van der Waals surface area (Å²) in [6, 6.07) is 20.2. The molecule has 0 saturated heterocycles. The van der Waals surface area contributed by atoms with Gasteiger partial charge in [-0.05, 0) is 18.1 Å². The summed E-state index contributed by atoms with van der Waals surface area (Å²) in [5.74, 6) is 0.127. The van der Waals surface area contributed by atoms with Gasteiger partial charge in [-0.3, -0.25) is 4.79 Å². The van der Waals surface area contributed by atoms with E-state index >= 15 is 0 Å². The summed E-state index contributed by atoms with van der Waals surface area (Å²) in [5, 5.41) is 0. The largest absolute Gasteiger partial charge is 0.367 e. The van der Waals surface area contributed by atoms with Gasteiger partial charge in [0.25, 0.3) is 0 Å². The number of nitrogens with zero attached hydrogens (tertiary/aromatic N) is 1. The molecule has 0 aliphatic heterocycles. The Hall–Kier alpha value is -2.13. The van der Waals surface area contributed by atoms with Crippen molar-refractivity contribution in [3.8, 4) is 0 Å². The minimum absolute atomic E-state index is 0.0337. The molecule has 0 aliphatic rings. The zero-order chi connectivity index (χ0) is 16.7. The Kier molecular flexibility index (Phi) is 6.36. The van der Waals surface area contributed by atoms with Gasteiger partial charge in [0.05, 0.1) is 12.6 Å². The minimum atomic E-state index is -0.156. The average molecular weight is 311 g/mol. The SMILES string of the molecule is CCC(=O)N(C)[C@H](C)[C@H](OCc1ccccc1)c1ccccc1. The molecule has 2 aromatic carbocycles. The number of likely N-dealkylation sites (N-methyl/N-ethyl adjacent to an activating group) is 1. The summed E-state index contributed by atoms with van der Waals surface area (Å²) in [6.45, 7) is 4.45. The Balaban J connectivity index is 2.16. The first-order valence-corrected chi connectivity index (χ1v) is 8.09. The lowest BCUT2D eigenvalue weighted by Crippen LogP contribution is -2.39. The maximum absolute atomic E-state index is 12.0. The van der Waals surface area contributed by atoms with Crippen LogP contribution in [0.5, 0.6) is 0 Å². The first-order valence-electron chi connectivity index (χ1n) is 8.09. The first-order chi connectivity index (χ1) is 11.1. The van der Waals surface area contributed by atoms with Crippen molar-refractivity contribution in [1.29, 1.82) is 0 Å². The number of ether oxygens (including phenoxy) is 1. The molecule has 0 unspecified atom stereocenters. The summed E-state index contributed by atoms with van der Waals surface area (Å²) in [4.78, 5) is 13.8. The number of rotatable bonds is 7. The van der Waals surface area contributed by atoms with Crippen molar-refractivity contribution in [3.05, 3.63) is 71.8 Å². The van der Waals surface area contributed by atoms with Gasteiger partial charge in [-0.2, -0.15) is 0 Å². The molecule has 0 radical (unpaired) electrons. The summed E-state index contributed by atoms with van der Waals surface area (Å²) in [6.07, 6.45) is 0.345. The maximum Gasteiger partial charge on any atom is 0.222 e. The van der Waals surface area contributed by atoms with E-state index in [2.05, 4.69) is 12.1 Å². The van der Waals surface area contributed by atoms with Crippen LogP contribution in [0, 0.1) is 0 Å². The van der Waals surface area contributed by atoms with Crippen LogP contribution in [0.1, 0.15) is 37.5 Å². The van der Waals surface area contributed by atoms with Crippen molar-refractivity contribution in [1.82, 2.24) is 4.90 Å². The van der Waals surface area contributed by atoms with Gasteiger partial charge in [0.15, 0.2) is 0 Å². The third-order valence-corrected chi connectivity index (χ3v) is 4.15. The molecule has 122 valence electrons. The Morgan fingerprint density at radius 2 is 1.61 bits per heavy atom. The number of carbonyl (C=O) groups is 1. The molecule has 0 aliphatic carbocycles. The molecule has 23 heavy (non-hydrogen) atoms. The fourth-order valence-corrected chi connectivity index (χ4v) is 2.60. The third-order valence-electron chi connectivity index (χ3n) is 4.15. The lowest BCUT2D eigenvalue weighted by Gasteiger charge is -2.32. The van der Waals surface area contributed by atoms with Crippen LogP contribution < -0.4 is 0 Å². The van der Waals surface area contributed by atoms with E-state index in [1.165, 1.54) is 0 Å². The summed E-state index contributed by atoms with van der Waals surface area (Å²) in [7, 11) is 1.85. The molecule has 0 saturated carbocycles. The van der Waals surface area contributed by atoms with E-state index in [0.717, 1.165) is 11.1 Å². The van der Waals surface area contributed by atoms with Crippen LogP contribution in [0.25, 0.3) is 0 Å². The monoisotopic (exact) mass is 311 g/mol. The molecule has 0 aromatic heterocycles. The van der Waals surface area contributed by atoms with Gasteiger partial charge in [0, 0.05) is 13.5 Å². The van der Waals surface area contributed by atoms with Crippen molar-refractivity contribution in [2.45, 2.75) is 39.0 Å². The highest BCUT2D eigenvalue weighted by molar-refractivity contribution is 5.75. The standard InChI is InChI=1S/C20H25NO2/c1-4-19(22)21(3)16(2)20(18-13-9-6-10-14-18)23-15-17-11-7-5-8-12-17/h5-14,16,20H,4,15H2,1-3H3/t16-,20+/m1/s1. The van der Waals surface area contributed by atoms with Crippen LogP contribution in [-0.2, 0) is 16.1 Å². The van der Waals surface area contributed by atoms with Gasteiger partial charge in [-0.25, -0.2) is 0 Å². The molecule has 3 nitrogen and oxygen atoms in total. The smallest absolute Gasteiger partial charge is 0.222 e. The lowest BCUT2D eigenvalue weighted by atomic mass is 10.0. The van der Waals surface area contributed by atoms with E-state index in [0.29, 0.717) is 13.0 Å². The Morgan fingerprint density at radius 3 is 2.17 bits per heavy atom. The average Bonchev–Trinajstić information content (AvgIpc) is 2.62. The molecule has 3 heteroatoms. The quantitative estimate of drug-likeness (QED) is 0.767. The van der Waals surface area contributed by atoms with Crippen molar-refractivity contribution in [2.75, 3.05) is 7.05 Å². The summed E-state index contributed by atoms with van der Waals surface area (Å²) < 4.78 is 6.20. The normalized spacial score (nSPS) is 13.3. The molecule has 2 rings (SSSR count). The number of carbonyl (C=O) groups excluding carboxylic acids is 1. The molecule has 0 heterocycles. The highest BCUT2D eigenvalue weighted by Gasteiger charge is 2.26. The van der Waals surface area contributed by atoms with Crippen molar-refractivity contribution < 1.29 is 9.53 Å². The van der Waals surface area contributed by atoms with E-state index in [1.54, 1.807) is 4.90 Å². The Labute approximate surface area is 138 Å². The van der Waals surface area contributed by atoms with Crippen molar-refractivity contribution in [3.63, 3.8) is 0 Å². The molecule has 0 fully saturated rings. The Morgan fingerprint density at radius 1 is 1.04 bits per heavy atom. The van der Waals surface area contributed by atoms with E-state index < -0.39 is 0 Å². The zero-order valence-corrected chi connectivity index (χ0v) is 14.1. The van der Waals surface area contributed by atoms with Crippen LogP contribution in [0.3, 0.4) is 0 Å². The number of hydrogen-bond acceptors (Lipinski definition) is 2. The second-order valence-corrected chi connectivity index (χ2v) is 5.73. The lowest BCUT2D eigenvalue weighted by molar-refractivity contribution is -0.135. The number of benzene rings is 2. The van der Waals surface area contributed by atoms with Crippen LogP contribution >= 0.6 is 0 Å². The molecule has 2 atom stereocenters. The van der Waals surface area contributed by atoms with Crippen LogP contribution in [0.15, 0.2) is 60.7 Å². The number of hydrogen-bond donors (Lipinski definition) is 0. The summed E-state index contributed by atoms with van der Waals surface area (Å²) >= 11 is 0. The van der Waals surface area contributed by atoms with Gasteiger partial charge in [0.2, 0.25) is 5.91 Å². The second kappa shape index (κ2) is 8.49. The molecule has 0 bridgehead atoms. The fourth-order valence-electron chi connectivity index (χ4n) is 2.60. The summed E-state index contributed by atoms with van der Waals surface area (Å²) in [5.41, 5.74) is 2.22. The van der Waals surface area contributed by atoms with E-state index in [9.17, 15) is 4.79 Å². The van der Waals surface area contributed by atoms with Crippen LogP contribution in [-0.4, -0.2) is 23.9 Å². The highest BCUT2D eigenvalue weighted by Crippen LogP contribution is 2.26. The van der Waals surface area contributed by atoms with Gasteiger partial charge >= 0.3 is 0 Å². The third kappa shape index (κ3) is 4.67. The zero-order valence-electron chi connectivity index (χ0n) is 14.1. The van der Waals surface area contributed by atoms with Crippen molar-refractivity contribution in [2.24, 2.45) is 0 Å². The molecular weight excluding hydrogens is 286 g/mol. The van der Waals surface area contributed by atoms with Crippen molar-refractivity contribution >= 4 is 5.91 Å². The van der Waals surface area contributed by atoms with Gasteiger partial charge < -0.3 is 9.64 Å². The van der Waals surface area contributed by atoms with Crippen LogP contribution in [0.2, 0.25) is 0 Å². The highest BCUT2D eigenvalue weighted by atomic mass is 16.5. The minimum Gasteiger partial charge on any atom is -0.367 e. The predicted octanol–water partition coefficient (Wildman–Crippen LogP) is 4.20. The first kappa shape index (κ1) is 17.2. The number of amides is 1. The second-order valence-electron chi connectivity index (χ2n) is 5.73. The molecule has 2 aromatic rings. The van der Waals surface area contributed by atoms with E-state index in [4.69, 9.17) is 4.74 Å². The van der Waals surface area contributed by atoms with Gasteiger partial charge in [-0.1, -0.05) is 67.6 Å². The predicted molar refractivity (Wildman–Crippen MR) is 92.9 cm³/mol.